The molecule has 0 unspecified atom stereocenters. The Morgan fingerprint density at radius 3 is 2.65 bits per heavy atom. The van der Waals surface area contributed by atoms with E-state index in [9.17, 15) is 0 Å². The van der Waals surface area contributed by atoms with Gasteiger partial charge in [0.05, 0.1) is 16.9 Å². The lowest BCUT2D eigenvalue weighted by atomic mass is 9.75. The largest absolute Gasteiger partial charge is 0.324 e. The molecule has 2 nitrogen and oxygen atoms in total. The molecular weight excluding hydrogens is 268 g/mol. The molecule has 0 amide bonds. The van der Waals surface area contributed by atoms with Crippen molar-refractivity contribution < 1.29 is 0 Å². The number of imidazole rings is 1. The first-order chi connectivity index (χ1) is 9.50. The Morgan fingerprint density at radius 2 is 2.00 bits per heavy atom. The fourth-order valence-electron chi connectivity index (χ4n) is 3.40. The van der Waals surface area contributed by atoms with E-state index in [-0.39, 0.29) is 0 Å². The van der Waals surface area contributed by atoms with Crippen molar-refractivity contribution in [2.45, 2.75) is 58.4 Å². The Balaban J connectivity index is 2.02. The van der Waals surface area contributed by atoms with Gasteiger partial charge in [0.15, 0.2) is 0 Å². The molecule has 1 aromatic carbocycles. The minimum absolute atomic E-state index is 0.491. The Hall–Kier alpha value is -1.02. The number of aromatic nitrogens is 2. The molecule has 108 valence electrons. The van der Waals surface area contributed by atoms with Crippen LogP contribution in [0, 0.1) is 12.3 Å². The average Bonchev–Trinajstić information content (AvgIpc) is 2.76. The van der Waals surface area contributed by atoms with Crippen LogP contribution in [0.4, 0.5) is 0 Å². The quantitative estimate of drug-likeness (QED) is 0.693. The number of benzene rings is 1. The second kappa shape index (κ2) is 5.07. The molecule has 2 aromatic rings. The lowest BCUT2D eigenvalue weighted by Crippen LogP contribution is -2.24. The van der Waals surface area contributed by atoms with Crippen LogP contribution in [-0.4, -0.2) is 9.55 Å². The number of hydrogen-bond donors (Lipinski definition) is 0. The molecule has 1 fully saturated rings. The van der Waals surface area contributed by atoms with Crippen LogP contribution in [0.2, 0.25) is 0 Å². The van der Waals surface area contributed by atoms with Crippen LogP contribution < -0.4 is 0 Å². The molecule has 0 radical (unpaired) electrons. The molecule has 1 aromatic heterocycles. The van der Waals surface area contributed by atoms with Gasteiger partial charge in [-0.15, -0.1) is 11.6 Å². The highest BCUT2D eigenvalue weighted by Crippen LogP contribution is 2.41. The topological polar surface area (TPSA) is 17.8 Å². The number of hydrogen-bond acceptors (Lipinski definition) is 1. The molecule has 1 heterocycles. The Bertz CT molecular complexity index is 617. The van der Waals surface area contributed by atoms with Crippen molar-refractivity contribution >= 4 is 22.6 Å². The number of aryl methyl sites for hydroxylation is 1. The Morgan fingerprint density at radius 1 is 1.30 bits per heavy atom. The van der Waals surface area contributed by atoms with Crippen LogP contribution in [0.3, 0.4) is 0 Å². The predicted molar refractivity (Wildman–Crippen MR) is 85.3 cm³/mol. The van der Waals surface area contributed by atoms with Gasteiger partial charge in [0.1, 0.15) is 5.82 Å². The zero-order valence-corrected chi connectivity index (χ0v) is 13.4. The van der Waals surface area contributed by atoms with E-state index in [1.807, 2.05) is 0 Å². The van der Waals surface area contributed by atoms with Gasteiger partial charge in [0.25, 0.3) is 0 Å². The number of rotatable bonds is 2. The smallest absolute Gasteiger partial charge is 0.125 e. The van der Waals surface area contributed by atoms with E-state index in [0.717, 1.165) is 11.3 Å². The van der Waals surface area contributed by atoms with Crippen molar-refractivity contribution in [1.29, 1.82) is 0 Å². The third-order valence-electron chi connectivity index (χ3n) is 4.71. The van der Waals surface area contributed by atoms with Gasteiger partial charge in [0, 0.05) is 6.04 Å². The van der Waals surface area contributed by atoms with Crippen LogP contribution >= 0.6 is 11.6 Å². The highest BCUT2D eigenvalue weighted by Gasteiger charge is 2.29. The van der Waals surface area contributed by atoms with E-state index in [1.54, 1.807) is 0 Å². The van der Waals surface area contributed by atoms with Crippen LogP contribution in [0.15, 0.2) is 18.2 Å². The van der Waals surface area contributed by atoms with Crippen molar-refractivity contribution in [2.75, 3.05) is 0 Å². The lowest BCUT2D eigenvalue weighted by molar-refractivity contribution is 0.194. The van der Waals surface area contributed by atoms with Gasteiger partial charge in [-0.25, -0.2) is 4.98 Å². The summed E-state index contributed by atoms with van der Waals surface area (Å²) in [4.78, 5) is 4.73. The zero-order chi connectivity index (χ0) is 14.3. The third-order valence-corrected chi connectivity index (χ3v) is 4.95. The van der Waals surface area contributed by atoms with Crippen LogP contribution in [0.5, 0.6) is 0 Å². The normalized spacial score (nSPS) is 19.6. The summed E-state index contributed by atoms with van der Waals surface area (Å²) in [7, 11) is 0. The molecule has 1 saturated carbocycles. The molecule has 3 heteroatoms. The number of nitrogens with zero attached hydrogens (tertiary/aromatic N) is 2. The average molecular weight is 291 g/mol. The number of alkyl halides is 1. The Kier molecular flexibility index (Phi) is 3.53. The lowest BCUT2D eigenvalue weighted by Gasteiger charge is -2.35. The highest BCUT2D eigenvalue weighted by molar-refractivity contribution is 6.16. The van der Waals surface area contributed by atoms with Crippen LogP contribution in [-0.2, 0) is 5.88 Å². The molecule has 1 aliphatic carbocycles. The second-order valence-electron chi connectivity index (χ2n) is 6.92. The molecule has 0 atom stereocenters. The molecule has 1 aliphatic rings. The Labute approximate surface area is 126 Å². The van der Waals surface area contributed by atoms with E-state index in [1.165, 1.54) is 36.8 Å². The molecule has 0 N–H and O–H groups in total. The van der Waals surface area contributed by atoms with E-state index >= 15 is 0 Å². The summed E-state index contributed by atoms with van der Waals surface area (Å²) >= 11 is 6.14. The third kappa shape index (κ3) is 2.46. The van der Waals surface area contributed by atoms with Crippen LogP contribution in [0.1, 0.15) is 57.0 Å². The van der Waals surface area contributed by atoms with Crippen molar-refractivity contribution in [1.82, 2.24) is 9.55 Å². The standard InChI is InChI=1S/C17H23ClN2/c1-12-4-5-15-14(10-12)19-16(11-18)20(15)13-6-8-17(2,3)9-7-13/h4-5,10,13H,6-9,11H2,1-3H3. The van der Waals surface area contributed by atoms with Gasteiger partial charge in [-0.3, -0.25) is 0 Å². The summed E-state index contributed by atoms with van der Waals surface area (Å²) in [5.41, 5.74) is 4.08. The molecule has 0 aliphatic heterocycles. The molecule has 3 rings (SSSR count). The van der Waals surface area contributed by atoms with E-state index in [2.05, 4.69) is 43.5 Å². The van der Waals surface area contributed by atoms with Crippen molar-refractivity contribution in [3.05, 3.63) is 29.6 Å². The van der Waals surface area contributed by atoms with E-state index in [4.69, 9.17) is 16.6 Å². The monoisotopic (exact) mass is 290 g/mol. The zero-order valence-electron chi connectivity index (χ0n) is 12.6. The minimum Gasteiger partial charge on any atom is -0.324 e. The van der Waals surface area contributed by atoms with Gasteiger partial charge in [-0.05, 0) is 55.7 Å². The summed E-state index contributed by atoms with van der Waals surface area (Å²) in [5.74, 6) is 1.52. The predicted octanol–water partition coefficient (Wildman–Crippen LogP) is 5.22. The number of halogens is 1. The maximum atomic E-state index is 6.14. The maximum absolute atomic E-state index is 6.14. The molecule has 0 saturated heterocycles. The summed E-state index contributed by atoms with van der Waals surface area (Å²) in [5, 5.41) is 0. The summed E-state index contributed by atoms with van der Waals surface area (Å²) < 4.78 is 2.40. The fourth-order valence-corrected chi connectivity index (χ4v) is 3.59. The van der Waals surface area contributed by atoms with Gasteiger partial charge >= 0.3 is 0 Å². The summed E-state index contributed by atoms with van der Waals surface area (Å²) in [6.45, 7) is 6.87. The highest BCUT2D eigenvalue weighted by atomic mass is 35.5. The fraction of sp³-hybridized carbons (Fsp3) is 0.588. The van der Waals surface area contributed by atoms with E-state index < -0.39 is 0 Å². The maximum Gasteiger partial charge on any atom is 0.125 e. The SMILES string of the molecule is Cc1ccc2c(c1)nc(CCl)n2C1CCC(C)(C)CC1. The number of fused-ring (bicyclic) bond motifs is 1. The summed E-state index contributed by atoms with van der Waals surface area (Å²) in [6, 6.07) is 7.09. The van der Waals surface area contributed by atoms with Gasteiger partial charge in [-0.2, -0.15) is 0 Å². The van der Waals surface area contributed by atoms with Gasteiger partial charge in [-0.1, -0.05) is 19.9 Å². The van der Waals surface area contributed by atoms with Crippen LogP contribution in [0.25, 0.3) is 11.0 Å². The first kappa shape index (κ1) is 13.9. The van der Waals surface area contributed by atoms with Crippen molar-refractivity contribution in [2.24, 2.45) is 5.41 Å². The second-order valence-corrected chi connectivity index (χ2v) is 7.19. The molecular formula is C17H23ClN2. The first-order valence-corrected chi connectivity index (χ1v) is 8.07. The van der Waals surface area contributed by atoms with E-state index in [0.29, 0.717) is 17.3 Å². The van der Waals surface area contributed by atoms with Gasteiger partial charge < -0.3 is 4.57 Å². The summed E-state index contributed by atoms with van der Waals surface area (Å²) in [6.07, 6.45) is 5.03. The molecule has 20 heavy (non-hydrogen) atoms. The minimum atomic E-state index is 0.491. The molecule has 0 bridgehead atoms. The molecule has 0 spiro atoms. The van der Waals surface area contributed by atoms with Crippen molar-refractivity contribution in [3.8, 4) is 0 Å². The first-order valence-electron chi connectivity index (χ1n) is 7.54. The van der Waals surface area contributed by atoms with Crippen molar-refractivity contribution in [3.63, 3.8) is 0 Å². The van der Waals surface area contributed by atoms with Gasteiger partial charge in [0.2, 0.25) is 0 Å².